The standard InChI is InChI=1S/C27H46O4/c1-16(6-5-7-17(2)25(30)31)20-8-9-21-24-22(11-13-27(20,21)4)26(3)12-10-19(28)14-18(26)15-23(24)29/h16-24,28-29H,5-15H2,1-4H3,(H,30,31)/t16-,17+,18+,19-,20-,21+,22+,23-,24+,26+,27-/m1/s1. The van der Waals surface area contributed by atoms with Crippen LogP contribution < -0.4 is 0 Å². The van der Waals surface area contributed by atoms with Gasteiger partial charge in [-0.1, -0.05) is 40.5 Å². The van der Waals surface area contributed by atoms with Crippen molar-refractivity contribution in [3.05, 3.63) is 0 Å². The van der Waals surface area contributed by atoms with Gasteiger partial charge < -0.3 is 15.3 Å². The Morgan fingerprint density at radius 1 is 0.935 bits per heavy atom. The summed E-state index contributed by atoms with van der Waals surface area (Å²) in [6, 6.07) is 0. The maximum atomic E-state index is 11.3. The van der Waals surface area contributed by atoms with Crippen molar-refractivity contribution in [1.82, 2.24) is 0 Å². The van der Waals surface area contributed by atoms with Gasteiger partial charge >= 0.3 is 5.97 Å². The van der Waals surface area contributed by atoms with Gasteiger partial charge in [0, 0.05) is 0 Å². The van der Waals surface area contributed by atoms with Crippen LogP contribution in [0.2, 0.25) is 0 Å². The SMILES string of the molecule is C[C@H](CCC[C@H](C)C(=O)O)[C@H]1CC[C@H]2[C@@H]3[C@H](O)C[C@@H]4C[C@H](O)CC[C@]4(C)[C@H]3CC[C@]12C. The Bertz CT molecular complexity index is 664. The molecular weight excluding hydrogens is 388 g/mol. The summed E-state index contributed by atoms with van der Waals surface area (Å²) in [5, 5.41) is 30.8. The van der Waals surface area contributed by atoms with Crippen LogP contribution in [0.15, 0.2) is 0 Å². The molecule has 0 unspecified atom stereocenters. The highest BCUT2D eigenvalue weighted by Crippen LogP contribution is 2.68. The van der Waals surface area contributed by atoms with Gasteiger partial charge in [0.05, 0.1) is 18.1 Å². The van der Waals surface area contributed by atoms with Crippen LogP contribution in [0.1, 0.15) is 98.3 Å². The number of fused-ring (bicyclic) bond motifs is 5. The minimum Gasteiger partial charge on any atom is -0.481 e. The summed E-state index contributed by atoms with van der Waals surface area (Å²) in [5.41, 5.74) is 0.610. The molecule has 0 aromatic heterocycles. The summed E-state index contributed by atoms with van der Waals surface area (Å²) < 4.78 is 0. The Morgan fingerprint density at radius 3 is 2.32 bits per heavy atom. The molecule has 4 rings (SSSR count). The zero-order valence-corrected chi connectivity index (χ0v) is 20.2. The smallest absolute Gasteiger partial charge is 0.306 e. The number of hydrogen-bond donors (Lipinski definition) is 3. The Morgan fingerprint density at radius 2 is 1.61 bits per heavy atom. The number of carboxylic acids is 1. The van der Waals surface area contributed by atoms with Crippen LogP contribution >= 0.6 is 0 Å². The molecular formula is C27H46O4. The van der Waals surface area contributed by atoms with E-state index in [9.17, 15) is 15.0 Å². The van der Waals surface area contributed by atoms with E-state index in [1.807, 2.05) is 6.92 Å². The molecule has 0 radical (unpaired) electrons. The third kappa shape index (κ3) is 3.98. The Kier molecular flexibility index (Phi) is 6.55. The molecule has 0 aliphatic heterocycles. The van der Waals surface area contributed by atoms with Crippen LogP contribution in [0.3, 0.4) is 0 Å². The number of carboxylic acid groups (broad SMARTS) is 1. The van der Waals surface area contributed by atoms with Crippen molar-refractivity contribution in [2.75, 3.05) is 0 Å². The van der Waals surface area contributed by atoms with Crippen LogP contribution in [0, 0.1) is 52.3 Å². The molecule has 4 heteroatoms. The highest BCUT2D eigenvalue weighted by atomic mass is 16.4. The molecule has 4 saturated carbocycles. The third-order valence-electron chi connectivity index (χ3n) is 11.1. The molecule has 0 heterocycles. The monoisotopic (exact) mass is 434 g/mol. The molecule has 178 valence electrons. The van der Waals surface area contributed by atoms with Crippen molar-refractivity contribution >= 4 is 5.97 Å². The van der Waals surface area contributed by atoms with Gasteiger partial charge in [-0.2, -0.15) is 0 Å². The zero-order chi connectivity index (χ0) is 22.6. The van der Waals surface area contributed by atoms with E-state index in [0.717, 1.165) is 44.9 Å². The van der Waals surface area contributed by atoms with Gasteiger partial charge in [0.2, 0.25) is 0 Å². The molecule has 4 fully saturated rings. The summed E-state index contributed by atoms with van der Waals surface area (Å²) in [6.45, 7) is 9.22. The molecule has 0 spiro atoms. The predicted octanol–water partition coefficient (Wildman–Crippen LogP) is 5.50. The molecule has 11 atom stereocenters. The number of rotatable bonds is 6. The number of aliphatic hydroxyl groups is 2. The second-order valence-electron chi connectivity index (χ2n) is 12.6. The molecule has 0 saturated heterocycles. The van der Waals surface area contributed by atoms with Crippen LogP contribution in [-0.4, -0.2) is 33.5 Å². The number of carbonyl (C=O) groups is 1. The van der Waals surface area contributed by atoms with Crippen molar-refractivity contribution in [3.8, 4) is 0 Å². The van der Waals surface area contributed by atoms with Crippen LogP contribution in [0.25, 0.3) is 0 Å². The highest BCUT2D eigenvalue weighted by molar-refractivity contribution is 5.69. The predicted molar refractivity (Wildman–Crippen MR) is 122 cm³/mol. The van der Waals surface area contributed by atoms with E-state index in [0.29, 0.717) is 46.3 Å². The first-order chi connectivity index (χ1) is 14.6. The Labute approximate surface area is 189 Å². The quantitative estimate of drug-likeness (QED) is 0.515. The van der Waals surface area contributed by atoms with Gasteiger partial charge in [0.25, 0.3) is 0 Å². The van der Waals surface area contributed by atoms with E-state index in [-0.39, 0.29) is 18.1 Å². The van der Waals surface area contributed by atoms with E-state index < -0.39 is 5.97 Å². The van der Waals surface area contributed by atoms with E-state index in [1.54, 1.807) is 0 Å². The fourth-order valence-corrected chi connectivity index (χ4v) is 9.25. The lowest BCUT2D eigenvalue weighted by Gasteiger charge is -2.62. The van der Waals surface area contributed by atoms with Crippen molar-refractivity contribution in [2.24, 2.45) is 52.3 Å². The van der Waals surface area contributed by atoms with Crippen LogP contribution in [0.4, 0.5) is 0 Å². The summed E-state index contributed by atoms with van der Waals surface area (Å²) in [4.78, 5) is 11.1. The highest BCUT2D eigenvalue weighted by Gasteiger charge is 2.62. The van der Waals surface area contributed by atoms with Crippen LogP contribution in [0.5, 0.6) is 0 Å². The Balaban J connectivity index is 1.46. The molecule has 0 bridgehead atoms. The molecule has 0 aromatic rings. The Hall–Kier alpha value is -0.610. The zero-order valence-electron chi connectivity index (χ0n) is 20.2. The van der Waals surface area contributed by atoms with E-state index in [1.165, 1.54) is 25.7 Å². The summed E-state index contributed by atoms with van der Waals surface area (Å²) in [5.74, 6) is 2.55. The molecule has 4 aliphatic rings. The van der Waals surface area contributed by atoms with Gasteiger partial charge in [-0.05, 0) is 104 Å². The number of aliphatic carboxylic acids is 1. The first kappa shape index (κ1) is 23.5. The van der Waals surface area contributed by atoms with Crippen molar-refractivity contribution < 1.29 is 20.1 Å². The van der Waals surface area contributed by atoms with Gasteiger partial charge in [-0.15, -0.1) is 0 Å². The molecule has 31 heavy (non-hydrogen) atoms. The summed E-state index contributed by atoms with van der Waals surface area (Å²) in [6.07, 6.45) is 11.4. The number of aliphatic hydroxyl groups excluding tert-OH is 2. The average molecular weight is 435 g/mol. The molecule has 0 amide bonds. The average Bonchev–Trinajstić information content (AvgIpc) is 3.06. The molecule has 3 N–H and O–H groups in total. The first-order valence-corrected chi connectivity index (χ1v) is 13.2. The van der Waals surface area contributed by atoms with Gasteiger partial charge in [0.1, 0.15) is 0 Å². The largest absolute Gasteiger partial charge is 0.481 e. The van der Waals surface area contributed by atoms with E-state index in [2.05, 4.69) is 20.8 Å². The first-order valence-electron chi connectivity index (χ1n) is 13.2. The molecule has 4 aliphatic carbocycles. The van der Waals surface area contributed by atoms with Crippen LogP contribution in [-0.2, 0) is 4.79 Å². The maximum Gasteiger partial charge on any atom is 0.306 e. The lowest BCUT2D eigenvalue weighted by Crippen LogP contribution is -2.58. The summed E-state index contributed by atoms with van der Waals surface area (Å²) in [7, 11) is 0. The van der Waals surface area contributed by atoms with E-state index >= 15 is 0 Å². The maximum absolute atomic E-state index is 11.3. The van der Waals surface area contributed by atoms with Gasteiger partial charge in [0.15, 0.2) is 0 Å². The van der Waals surface area contributed by atoms with E-state index in [4.69, 9.17) is 5.11 Å². The topological polar surface area (TPSA) is 77.8 Å². The minimum atomic E-state index is -0.674. The fraction of sp³-hybridized carbons (Fsp3) is 0.963. The molecule has 0 aromatic carbocycles. The summed E-state index contributed by atoms with van der Waals surface area (Å²) >= 11 is 0. The third-order valence-corrected chi connectivity index (χ3v) is 11.1. The van der Waals surface area contributed by atoms with Crippen molar-refractivity contribution in [1.29, 1.82) is 0 Å². The fourth-order valence-electron chi connectivity index (χ4n) is 9.25. The molecule has 4 nitrogen and oxygen atoms in total. The van der Waals surface area contributed by atoms with Gasteiger partial charge in [-0.3, -0.25) is 4.79 Å². The lowest BCUT2D eigenvalue weighted by molar-refractivity contribution is -0.174. The lowest BCUT2D eigenvalue weighted by atomic mass is 9.43. The second kappa shape index (κ2) is 8.63. The van der Waals surface area contributed by atoms with Gasteiger partial charge in [-0.25, -0.2) is 0 Å². The minimum absolute atomic E-state index is 0.170. The number of hydrogen-bond acceptors (Lipinski definition) is 3. The normalized spacial score (nSPS) is 48.9. The van der Waals surface area contributed by atoms with Crippen molar-refractivity contribution in [3.63, 3.8) is 0 Å². The second-order valence-corrected chi connectivity index (χ2v) is 12.6. The van der Waals surface area contributed by atoms with Crippen molar-refractivity contribution in [2.45, 2.75) is 111 Å².